The Bertz CT molecular complexity index is 857. The highest BCUT2D eigenvalue weighted by Gasteiger charge is 2.43. The van der Waals surface area contributed by atoms with Crippen LogP contribution in [0.2, 0.25) is 0 Å². The Hall–Kier alpha value is -2.87. The van der Waals surface area contributed by atoms with Crippen molar-refractivity contribution in [2.24, 2.45) is 7.05 Å². The van der Waals surface area contributed by atoms with Crippen LogP contribution in [-0.2, 0) is 16.6 Å². The van der Waals surface area contributed by atoms with Gasteiger partial charge in [-0.25, -0.2) is 0 Å². The first kappa shape index (κ1) is 19.4. The molecule has 4 rings (SSSR count). The molecule has 2 amide bonds. The van der Waals surface area contributed by atoms with E-state index < -0.39 is 6.04 Å². The lowest BCUT2D eigenvalue weighted by atomic mass is 10.1. The molecule has 0 spiro atoms. The maximum atomic E-state index is 13.2. The van der Waals surface area contributed by atoms with Crippen molar-refractivity contribution in [1.29, 1.82) is 0 Å². The molecule has 29 heavy (non-hydrogen) atoms. The number of aryl methyl sites for hydroxylation is 2. The number of para-hydroxylation sites is 1. The van der Waals surface area contributed by atoms with Gasteiger partial charge in [0.1, 0.15) is 17.9 Å². The van der Waals surface area contributed by atoms with Crippen molar-refractivity contribution in [2.75, 3.05) is 32.8 Å². The van der Waals surface area contributed by atoms with Crippen LogP contribution in [0.4, 0.5) is 0 Å². The van der Waals surface area contributed by atoms with Crippen LogP contribution >= 0.6 is 0 Å². The molecule has 2 aliphatic rings. The number of carbonyl (C=O) groups excluding carboxylic acids is 2. The number of ether oxygens (including phenoxy) is 2. The summed E-state index contributed by atoms with van der Waals surface area (Å²) in [6.07, 6.45) is 0.212. The van der Waals surface area contributed by atoms with Gasteiger partial charge in [0.25, 0.3) is 5.91 Å². The lowest BCUT2D eigenvalue weighted by Crippen LogP contribution is -2.51. The zero-order valence-corrected chi connectivity index (χ0v) is 16.8. The third kappa shape index (κ3) is 4.12. The van der Waals surface area contributed by atoms with E-state index in [-0.39, 0.29) is 17.9 Å². The first-order valence-corrected chi connectivity index (χ1v) is 9.93. The standard InChI is InChI=1S/C21H26N4O4/c1-15-12-18(22-23(15)2)20(26)25-14-17(29-16-6-4-3-5-7-16)13-19(25)21(27)24-8-10-28-11-9-24/h3-7,12,17,19H,8-11,13-14H2,1-2H3/t17-,19-/m0/s1. The minimum absolute atomic E-state index is 0.0477. The predicted octanol–water partition coefficient (Wildman–Crippen LogP) is 1.25. The summed E-state index contributed by atoms with van der Waals surface area (Å²) in [7, 11) is 1.80. The van der Waals surface area contributed by atoms with E-state index in [1.807, 2.05) is 37.3 Å². The highest BCUT2D eigenvalue weighted by atomic mass is 16.5. The third-order valence-corrected chi connectivity index (χ3v) is 5.51. The minimum Gasteiger partial charge on any atom is -0.488 e. The topological polar surface area (TPSA) is 76.9 Å². The summed E-state index contributed by atoms with van der Waals surface area (Å²) in [4.78, 5) is 29.8. The maximum Gasteiger partial charge on any atom is 0.275 e. The molecule has 0 bridgehead atoms. The number of hydrogen-bond acceptors (Lipinski definition) is 5. The van der Waals surface area contributed by atoms with Crippen molar-refractivity contribution < 1.29 is 19.1 Å². The van der Waals surface area contributed by atoms with Gasteiger partial charge in [-0.3, -0.25) is 14.3 Å². The number of rotatable bonds is 4. The molecule has 0 N–H and O–H groups in total. The van der Waals surface area contributed by atoms with Gasteiger partial charge in [0.2, 0.25) is 5.91 Å². The molecular weight excluding hydrogens is 372 g/mol. The van der Waals surface area contributed by atoms with Crippen LogP contribution in [-0.4, -0.2) is 76.4 Å². The van der Waals surface area contributed by atoms with Gasteiger partial charge in [-0.15, -0.1) is 0 Å². The van der Waals surface area contributed by atoms with Crippen LogP contribution in [0.3, 0.4) is 0 Å². The Morgan fingerprint density at radius 2 is 1.90 bits per heavy atom. The quantitative estimate of drug-likeness (QED) is 0.775. The van der Waals surface area contributed by atoms with Crippen molar-refractivity contribution in [2.45, 2.75) is 25.5 Å². The number of benzene rings is 1. The molecule has 2 aliphatic heterocycles. The maximum absolute atomic E-state index is 13.2. The van der Waals surface area contributed by atoms with E-state index in [1.54, 1.807) is 27.6 Å². The van der Waals surface area contributed by atoms with Crippen molar-refractivity contribution in [3.05, 3.63) is 47.8 Å². The lowest BCUT2D eigenvalue weighted by molar-refractivity contribution is -0.139. The van der Waals surface area contributed by atoms with Crippen LogP contribution in [0.15, 0.2) is 36.4 Å². The predicted molar refractivity (Wildman–Crippen MR) is 106 cm³/mol. The Balaban J connectivity index is 1.56. The van der Waals surface area contributed by atoms with Crippen molar-refractivity contribution >= 4 is 11.8 Å². The molecule has 0 unspecified atom stereocenters. The fourth-order valence-corrected chi connectivity index (χ4v) is 3.84. The number of hydrogen-bond donors (Lipinski definition) is 0. The van der Waals surface area contributed by atoms with Gasteiger partial charge < -0.3 is 19.3 Å². The molecule has 8 heteroatoms. The van der Waals surface area contributed by atoms with Crippen molar-refractivity contribution in [3.63, 3.8) is 0 Å². The first-order chi connectivity index (χ1) is 14.0. The average Bonchev–Trinajstić information content (AvgIpc) is 3.31. The van der Waals surface area contributed by atoms with Gasteiger partial charge in [0.15, 0.2) is 5.69 Å². The molecule has 0 radical (unpaired) electrons. The second-order valence-corrected chi connectivity index (χ2v) is 7.49. The van der Waals surface area contributed by atoms with Crippen LogP contribution in [0.5, 0.6) is 5.75 Å². The molecule has 2 aromatic rings. The molecule has 154 valence electrons. The summed E-state index contributed by atoms with van der Waals surface area (Å²) >= 11 is 0. The molecule has 0 saturated carbocycles. The number of amides is 2. The number of aromatic nitrogens is 2. The van der Waals surface area contributed by atoms with E-state index in [2.05, 4.69) is 5.10 Å². The normalized spacial score (nSPS) is 22.0. The Labute approximate surface area is 170 Å². The highest BCUT2D eigenvalue weighted by molar-refractivity contribution is 5.96. The molecule has 3 heterocycles. The van der Waals surface area contributed by atoms with Crippen molar-refractivity contribution in [3.8, 4) is 5.75 Å². The van der Waals surface area contributed by atoms with Gasteiger partial charge in [0.05, 0.1) is 19.8 Å². The molecular formula is C21H26N4O4. The van der Waals surface area contributed by atoms with Gasteiger partial charge in [0, 0.05) is 32.3 Å². The number of likely N-dealkylation sites (tertiary alicyclic amines) is 1. The monoisotopic (exact) mass is 398 g/mol. The summed E-state index contributed by atoms with van der Waals surface area (Å²) in [6.45, 7) is 4.38. The SMILES string of the molecule is Cc1cc(C(=O)N2C[C@@H](Oc3ccccc3)C[C@H]2C(=O)N2CCOCC2)nn1C. The van der Waals surface area contributed by atoms with Gasteiger partial charge in [-0.2, -0.15) is 5.10 Å². The van der Waals surface area contributed by atoms with E-state index in [9.17, 15) is 9.59 Å². The third-order valence-electron chi connectivity index (χ3n) is 5.51. The summed E-state index contributed by atoms with van der Waals surface area (Å²) in [5.41, 5.74) is 1.24. The van der Waals surface area contributed by atoms with Gasteiger partial charge in [-0.05, 0) is 25.1 Å². The first-order valence-electron chi connectivity index (χ1n) is 9.93. The average molecular weight is 398 g/mol. The molecule has 8 nitrogen and oxygen atoms in total. The largest absolute Gasteiger partial charge is 0.488 e. The zero-order valence-electron chi connectivity index (χ0n) is 16.8. The zero-order chi connectivity index (χ0) is 20.4. The van der Waals surface area contributed by atoms with E-state index in [4.69, 9.17) is 9.47 Å². The van der Waals surface area contributed by atoms with Crippen LogP contribution in [0.25, 0.3) is 0 Å². The lowest BCUT2D eigenvalue weighted by Gasteiger charge is -2.32. The molecule has 2 saturated heterocycles. The fraction of sp³-hybridized carbons (Fsp3) is 0.476. The van der Waals surface area contributed by atoms with Gasteiger partial charge in [-0.1, -0.05) is 18.2 Å². The molecule has 2 atom stereocenters. The van der Waals surface area contributed by atoms with E-state index in [0.717, 1.165) is 11.4 Å². The van der Waals surface area contributed by atoms with E-state index in [0.29, 0.717) is 45.0 Å². The number of nitrogens with zero attached hydrogens (tertiary/aromatic N) is 4. The smallest absolute Gasteiger partial charge is 0.275 e. The molecule has 0 aliphatic carbocycles. The highest BCUT2D eigenvalue weighted by Crippen LogP contribution is 2.26. The molecule has 1 aromatic carbocycles. The Morgan fingerprint density at radius 3 is 2.55 bits per heavy atom. The Kier molecular flexibility index (Phi) is 5.53. The van der Waals surface area contributed by atoms with Crippen LogP contribution in [0, 0.1) is 6.92 Å². The second kappa shape index (κ2) is 8.24. The second-order valence-electron chi connectivity index (χ2n) is 7.49. The van der Waals surface area contributed by atoms with E-state index >= 15 is 0 Å². The number of carbonyl (C=O) groups is 2. The summed E-state index contributed by atoms with van der Waals surface area (Å²) in [5.74, 6) is 0.450. The summed E-state index contributed by atoms with van der Waals surface area (Å²) in [5, 5.41) is 4.31. The van der Waals surface area contributed by atoms with Gasteiger partial charge >= 0.3 is 0 Å². The van der Waals surface area contributed by atoms with Crippen molar-refractivity contribution in [1.82, 2.24) is 19.6 Å². The van der Waals surface area contributed by atoms with E-state index in [1.165, 1.54) is 0 Å². The van der Waals surface area contributed by atoms with Crippen LogP contribution < -0.4 is 4.74 Å². The summed E-state index contributed by atoms with van der Waals surface area (Å²) < 4.78 is 13.1. The fourth-order valence-electron chi connectivity index (χ4n) is 3.84. The minimum atomic E-state index is -0.559. The van der Waals surface area contributed by atoms with Crippen LogP contribution in [0.1, 0.15) is 22.6 Å². The summed E-state index contributed by atoms with van der Waals surface area (Å²) in [6, 6.07) is 10.7. The number of morpholine rings is 1. The molecule has 1 aromatic heterocycles. The molecule has 2 fully saturated rings. The Morgan fingerprint density at radius 1 is 1.17 bits per heavy atom.